The minimum atomic E-state index is 0.171. The summed E-state index contributed by atoms with van der Waals surface area (Å²) in [7, 11) is 0. The predicted octanol–water partition coefficient (Wildman–Crippen LogP) is 5.08. The molecule has 0 saturated carbocycles. The van der Waals surface area contributed by atoms with E-state index in [2.05, 4.69) is 40.7 Å². The van der Waals surface area contributed by atoms with Crippen LogP contribution in [0.1, 0.15) is 28.0 Å². The van der Waals surface area contributed by atoms with Crippen molar-refractivity contribution in [3.63, 3.8) is 0 Å². The molecule has 0 radical (unpaired) electrons. The highest BCUT2D eigenvalue weighted by atomic mass is 16.1. The average Bonchev–Trinajstić information content (AvgIpc) is 2.94. The maximum absolute atomic E-state index is 12.5. The van der Waals surface area contributed by atoms with Gasteiger partial charge in [-0.2, -0.15) is 0 Å². The van der Waals surface area contributed by atoms with Crippen LogP contribution in [0.25, 0.3) is 21.8 Å². The maximum atomic E-state index is 12.5. The van der Waals surface area contributed by atoms with E-state index in [1.165, 1.54) is 21.9 Å². The van der Waals surface area contributed by atoms with Gasteiger partial charge in [-0.25, -0.2) is 0 Å². The van der Waals surface area contributed by atoms with Crippen molar-refractivity contribution in [1.82, 2.24) is 9.55 Å². The Hall–Kier alpha value is -2.94. The summed E-state index contributed by atoms with van der Waals surface area (Å²) in [6.45, 7) is 4.79. The molecule has 0 N–H and O–H groups in total. The minimum Gasteiger partial charge on any atom is -0.339 e. The van der Waals surface area contributed by atoms with E-state index in [1.54, 1.807) is 0 Å². The van der Waals surface area contributed by atoms with Crippen LogP contribution in [0.3, 0.4) is 0 Å². The molecular formula is C22H20N2O. The number of nitrogens with zero attached hydrogens (tertiary/aromatic N) is 2. The van der Waals surface area contributed by atoms with Crippen LogP contribution in [0.15, 0.2) is 60.8 Å². The quantitative estimate of drug-likeness (QED) is 0.490. The molecule has 0 amide bonds. The minimum absolute atomic E-state index is 0.171. The molecule has 0 spiro atoms. The first-order valence-electron chi connectivity index (χ1n) is 8.57. The lowest BCUT2D eigenvalue weighted by Crippen LogP contribution is -2.06. The van der Waals surface area contributed by atoms with Gasteiger partial charge in [-0.05, 0) is 31.5 Å². The summed E-state index contributed by atoms with van der Waals surface area (Å²) < 4.78 is 2.25. The first-order valence-corrected chi connectivity index (χ1v) is 8.57. The first kappa shape index (κ1) is 15.6. The van der Waals surface area contributed by atoms with E-state index in [9.17, 15) is 4.79 Å². The van der Waals surface area contributed by atoms with Gasteiger partial charge in [-0.1, -0.05) is 42.5 Å². The highest BCUT2D eigenvalue weighted by Gasteiger charge is 2.14. The van der Waals surface area contributed by atoms with Gasteiger partial charge in [0.25, 0.3) is 0 Å². The molecule has 25 heavy (non-hydrogen) atoms. The standard InChI is InChI=1S/C22H20N2O/c1-15-8-9-18-19-10-12-23-16(2)22(19)24(20(18)14-15)13-11-21(25)17-6-4-3-5-7-17/h3-10,12,14H,11,13H2,1-2H3. The van der Waals surface area contributed by atoms with Crippen molar-refractivity contribution in [2.75, 3.05) is 0 Å². The van der Waals surface area contributed by atoms with Crippen LogP contribution in [-0.4, -0.2) is 15.3 Å². The zero-order chi connectivity index (χ0) is 17.4. The topological polar surface area (TPSA) is 34.9 Å². The van der Waals surface area contributed by atoms with Gasteiger partial charge < -0.3 is 4.57 Å². The lowest BCUT2D eigenvalue weighted by molar-refractivity contribution is 0.0978. The number of benzene rings is 2. The van der Waals surface area contributed by atoms with Gasteiger partial charge in [0.2, 0.25) is 0 Å². The van der Waals surface area contributed by atoms with Gasteiger partial charge >= 0.3 is 0 Å². The first-order chi connectivity index (χ1) is 12.1. The highest BCUT2D eigenvalue weighted by Crippen LogP contribution is 2.31. The summed E-state index contributed by atoms with van der Waals surface area (Å²) in [5.74, 6) is 0.171. The fourth-order valence-corrected chi connectivity index (χ4v) is 3.54. The summed E-state index contributed by atoms with van der Waals surface area (Å²) in [5.41, 5.74) is 5.29. The molecule has 2 aromatic heterocycles. The molecule has 3 nitrogen and oxygen atoms in total. The molecule has 0 saturated heterocycles. The Bertz CT molecular complexity index is 1080. The van der Waals surface area contributed by atoms with E-state index < -0.39 is 0 Å². The number of hydrogen-bond donors (Lipinski definition) is 0. The van der Waals surface area contributed by atoms with E-state index in [0.717, 1.165) is 16.8 Å². The molecule has 0 fully saturated rings. The predicted molar refractivity (Wildman–Crippen MR) is 102 cm³/mol. The monoisotopic (exact) mass is 328 g/mol. The molecule has 2 aromatic carbocycles. The molecule has 0 atom stereocenters. The van der Waals surface area contributed by atoms with Crippen molar-refractivity contribution in [3.8, 4) is 0 Å². The van der Waals surface area contributed by atoms with Gasteiger partial charge in [0, 0.05) is 41.0 Å². The molecule has 4 rings (SSSR count). The molecule has 0 bridgehead atoms. The second-order valence-electron chi connectivity index (χ2n) is 6.50. The van der Waals surface area contributed by atoms with Crippen LogP contribution in [-0.2, 0) is 6.54 Å². The Balaban J connectivity index is 1.79. The third-order valence-corrected chi connectivity index (χ3v) is 4.77. The van der Waals surface area contributed by atoms with E-state index in [4.69, 9.17) is 0 Å². The van der Waals surface area contributed by atoms with Gasteiger partial charge in [0.15, 0.2) is 5.78 Å². The Kier molecular flexibility index (Phi) is 3.85. The Labute approximate surface area is 146 Å². The molecule has 0 aliphatic rings. The zero-order valence-electron chi connectivity index (χ0n) is 14.5. The second kappa shape index (κ2) is 6.17. The fraction of sp³-hybridized carbons (Fsp3) is 0.182. The Morgan fingerprint density at radius 3 is 2.60 bits per heavy atom. The third-order valence-electron chi connectivity index (χ3n) is 4.77. The van der Waals surface area contributed by atoms with Crippen molar-refractivity contribution in [2.45, 2.75) is 26.8 Å². The van der Waals surface area contributed by atoms with Crippen LogP contribution < -0.4 is 0 Å². The molecule has 0 aliphatic carbocycles. The summed E-state index contributed by atoms with van der Waals surface area (Å²) in [6.07, 6.45) is 2.33. The van der Waals surface area contributed by atoms with Gasteiger partial charge in [0.1, 0.15) is 0 Å². The van der Waals surface area contributed by atoms with Crippen molar-refractivity contribution in [1.29, 1.82) is 0 Å². The molecule has 0 unspecified atom stereocenters. The summed E-state index contributed by atoms with van der Waals surface area (Å²) in [6, 6.07) is 18.1. The highest BCUT2D eigenvalue weighted by molar-refractivity contribution is 6.09. The molecule has 3 heteroatoms. The Morgan fingerprint density at radius 2 is 1.80 bits per heavy atom. The number of aromatic nitrogens is 2. The number of pyridine rings is 1. The smallest absolute Gasteiger partial charge is 0.164 e. The molecule has 4 aromatic rings. The largest absolute Gasteiger partial charge is 0.339 e. The maximum Gasteiger partial charge on any atom is 0.164 e. The summed E-state index contributed by atoms with van der Waals surface area (Å²) >= 11 is 0. The van der Waals surface area contributed by atoms with Crippen LogP contribution in [0.4, 0.5) is 0 Å². The van der Waals surface area contributed by atoms with Crippen LogP contribution in [0.2, 0.25) is 0 Å². The molecular weight excluding hydrogens is 308 g/mol. The van der Waals surface area contributed by atoms with Crippen LogP contribution in [0.5, 0.6) is 0 Å². The molecule has 0 aliphatic heterocycles. The number of fused-ring (bicyclic) bond motifs is 3. The number of ketones is 1. The van der Waals surface area contributed by atoms with Gasteiger partial charge in [-0.3, -0.25) is 9.78 Å². The zero-order valence-corrected chi connectivity index (χ0v) is 14.5. The fourth-order valence-electron chi connectivity index (χ4n) is 3.54. The number of Topliss-reactive ketones (excluding diaryl/α,β-unsaturated/α-hetero) is 1. The molecule has 124 valence electrons. The van der Waals surface area contributed by atoms with E-state index >= 15 is 0 Å². The molecule has 2 heterocycles. The number of carbonyl (C=O) groups excluding carboxylic acids is 1. The Morgan fingerprint density at radius 1 is 1.00 bits per heavy atom. The lowest BCUT2D eigenvalue weighted by atomic mass is 10.1. The SMILES string of the molecule is Cc1ccc2c3ccnc(C)c3n(CCC(=O)c3ccccc3)c2c1. The van der Waals surface area contributed by atoms with E-state index in [-0.39, 0.29) is 5.78 Å². The number of aryl methyl sites for hydroxylation is 3. The third kappa shape index (κ3) is 2.72. The number of carbonyl (C=O) groups is 1. The normalized spacial score (nSPS) is 11.3. The second-order valence-corrected chi connectivity index (χ2v) is 6.50. The summed E-state index contributed by atoms with van der Waals surface area (Å²) in [4.78, 5) is 17.0. The van der Waals surface area contributed by atoms with E-state index in [0.29, 0.717) is 13.0 Å². The van der Waals surface area contributed by atoms with Crippen LogP contribution >= 0.6 is 0 Å². The van der Waals surface area contributed by atoms with Crippen LogP contribution in [0, 0.1) is 13.8 Å². The number of rotatable bonds is 4. The van der Waals surface area contributed by atoms with Crippen molar-refractivity contribution < 1.29 is 4.79 Å². The van der Waals surface area contributed by atoms with E-state index in [1.807, 2.05) is 43.5 Å². The summed E-state index contributed by atoms with van der Waals surface area (Å²) in [5, 5.41) is 2.42. The van der Waals surface area contributed by atoms with Gasteiger partial charge in [-0.15, -0.1) is 0 Å². The average molecular weight is 328 g/mol. The van der Waals surface area contributed by atoms with Crippen molar-refractivity contribution >= 4 is 27.6 Å². The van der Waals surface area contributed by atoms with Crippen molar-refractivity contribution in [2.24, 2.45) is 0 Å². The van der Waals surface area contributed by atoms with Gasteiger partial charge in [0.05, 0.1) is 11.2 Å². The number of hydrogen-bond acceptors (Lipinski definition) is 2. The van der Waals surface area contributed by atoms with Crippen molar-refractivity contribution in [3.05, 3.63) is 77.6 Å². The lowest BCUT2D eigenvalue weighted by Gasteiger charge is -2.09.